The Labute approximate surface area is 143 Å². The second-order valence-electron chi connectivity index (χ2n) is 4.81. The van der Waals surface area contributed by atoms with Gasteiger partial charge in [0.1, 0.15) is 5.82 Å². The monoisotopic (exact) mass is 390 g/mol. The smallest absolute Gasteiger partial charge is 0.363 e. The maximum Gasteiger partial charge on any atom is 0.363 e. The molecule has 0 radical (unpaired) electrons. The average Bonchev–Trinajstić information content (AvgIpc) is 2.88. The Morgan fingerprint density at radius 3 is 2.71 bits per heavy atom. The van der Waals surface area contributed by atoms with E-state index in [9.17, 15) is 19.3 Å². The van der Waals surface area contributed by atoms with E-state index in [0.717, 1.165) is 0 Å². The van der Waals surface area contributed by atoms with Crippen LogP contribution >= 0.6 is 15.9 Å². The number of rotatable bonds is 3. The standard InChI is InChI=1S/C16H8BrFN2O4/c17-12-6-9(4-5-14(12)20(22)23)7-13-16(21)24-15(19-13)10-2-1-3-11(18)8-10/h1-8H. The fraction of sp³-hybridized carbons (Fsp3) is 0. The van der Waals surface area contributed by atoms with E-state index in [1.54, 1.807) is 6.07 Å². The number of cyclic esters (lactones) is 1. The minimum atomic E-state index is -0.677. The predicted octanol–water partition coefficient (Wildman–Crippen LogP) is 3.84. The van der Waals surface area contributed by atoms with Crippen molar-refractivity contribution in [2.75, 3.05) is 0 Å². The Balaban J connectivity index is 1.94. The maximum absolute atomic E-state index is 13.2. The molecule has 0 unspecified atom stereocenters. The second kappa shape index (κ2) is 6.32. The van der Waals surface area contributed by atoms with Crippen LogP contribution < -0.4 is 0 Å². The summed E-state index contributed by atoms with van der Waals surface area (Å²) < 4.78 is 18.6. The van der Waals surface area contributed by atoms with Crippen LogP contribution in [-0.2, 0) is 9.53 Å². The van der Waals surface area contributed by atoms with Crippen molar-refractivity contribution < 1.29 is 18.8 Å². The molecule has 24 heavy (non-hydrogen) atoms. The molecule has 0 saturated heterocycles. The maximum atomic E-state index is 13.2. The average molecular weight is 391 g/mol. The van der Waals surface area contributed by atoms with Gasteiger partial charge in [0, 0.05) is 11.6 Å². The first-order valence-electron chi connectivity index (χ1n) is 6.66. The van der Waals surface area contributed by atoms with Crippen molar-refractivity contribution in [3.63, 3.8) is 0 Å². The van der Waals surface area contributed by atoms with Crippen LogP contribution in [0, 0.1) is 15.9 Å². The number of nitrogens with zero attached hydrogens (tertiary/aromatic N) is 2. The van der Waals surface area contributed by atoms with Crippen LogP contribution in [0.5, 0.6) is 0 Å². The Bertz CT molecular complexity index is 924. The molecule has 0 fully saturated rings. The molecule has 1 heterocycles. The first-order valence-corrected chi connectivity index (χ1v) is 7.46. The number of carbonyl (C=O) groups is 1. The lowest BCUT2D eigenvalue weighted by molar-refractivity contribution is -0.385. The highest BCUT2D eigenvalue weighted by Crippen LogP contribution is 2.27. The van der Waals surface area contributed by atoms with Crippen LogP contribution in [0.3, 0.4) is 0 Å². The zero-order valence-electron chi connectivity index (χ0n) is 11.9. The predicted molar refractivity (Wildman–Crippen MR) is 87.8 cm³/mol. The number of halogens is 2. The zero-order valence-corrected chi connectivity index (χ0v) is 13.5. The topological polar surface area (TPSA) is 81.8 Å². The molecule has 8 heteroatoms. The van der Waals surface area contributed by atoms with Crippen LogP contribution in [-0.4, -0.2) is 16.8 Å². The highest BCUT2D eigenvalue weighted by molar-refractivity contribution is 9.10. The molecular formula is C16H8BrFN2O4. The number of hydrogen-bond acceptors (Lipinski definition) is 5. The minimum Gasteiger partial charge on any atom is -0.402 e. The molecule has 120 valence electrons. The van der Waals surface area contributed by atoms with Crippen molar-refractivity contribution in [1.29, 1.82) is 0 Å². The van der Waals surface area contributed by atoms with Crippen LogP contribution in [0.15, 0.2) is 57.6 Å². The van der Waals surface area contributed by atoms with E-state index in [-0.39, 0.29) is 21.8 Å². The van der Waals surface area contributed by atoms with Crippen molar-refractivity contribution in [1.82, 2.24) is 0 Å². The van der Waals surface area contributed by atoms with Gasteiger partial charge in [-0.3, -0.25) is 10.1 Å². The molecule has 3 rings (SSSR count). The quantitative estimate of drug-likeness (QED) is 0.345. The van der Waals surface area contributed by atoms with Gasteiger partial charge in [0.05, 0.1) is 9.40 Å². The number of aliphatic imine (C=N–C) groups is 1. The van der Waals surface area contributed by atoms with Gasteiger partial charge in [-0.2, -0.15) is 0 Å². The number of nitro groups is 1. The molecule has 0 saturated carbocycles. The largest absolute Gasteiger partial charge is 0.402 e. The van der Waals surface area contributed by atoms with Crippen molar-refractivity contribution in [2.45, 2.75) is 0 Å². The number of esters is 1. The van der Waals surface area contributed by atoms with Crippen molar-refractivity contribution in [3.05, 3.63) is 79.7 Å². The molecule has 0 spiro atoms. The van der Waals surface area contributed by atoms with Gasteiger partial charge < -0.3 is 4.74 Å². The van der Waals surface area contributed by atoms with Gasteiger partial charge in [-0.05, 0) is 57.9 Å². The van der Waals surface area contributed by atoms with Gasteiger partial charge in [-0.1, -0.05) is 6.07 Å². The summed E-state index contributed by atoms with van der Waals surface area (Å²) in [6, 6.07) is 9.82. The third kappa shape index (κ3) is 3.23. The van der Waals surface area contributed by atoms with Gasteiger partial charge in [-0.25, -0.2) is 14.2 Å². The molecule has 1 aliphatic rings. The fourth-order valence-corrected chi connectivity index (χ4v) is 2.61. The summed E-state index contributed by atoms with van der Waals surface area (Å²) >= 11 is 3.10. The highest BCUT2D eigenvalue weighted by Gasteiger charge is 2.24. The van der Waals surface area contributed by atoms with Gasteiger partial charge >= 0.3 is 5.97 Å². The van der Waals surface area contributed by atoms with Gasteiger partial charge in [0.25, 0.3) is 5.69 Å². The van der Waals surface area contributed by atoms with Crippen LogP contribution in [0.2, 0.25) is 0 Å². The van der Waals surface area contributed by atoms with E-state index in [0.29, 0.717) is 11.1 Å². The third-order valence-corrected chi connectivity index (χ3v) is 3.80. The first kappa shape index (κ1) is 16.0. The van der Waals surface area contributed by atoms with Crippen LogP contribution in [0.25, 0.3) is 6.08 Å². The summed E-state index contributed by atoms with van der Waals surface area (Å²) in [4.78, 5) is 26.2. The molecule has 0 atom stereocenters. The number of nitro benzene ring substituents is 1. The van der Waals surface area contributed by atoms with E-state index in [4.69, 9.17) is 4.74 Å². The summed E-state index contributed by atoms with van der Waals surface area (Å²) in [5, 5.41) is 10.8. The van der Waals surface area contributed by atoms with Gasteiger partial charge in [-0.15, -0.1) is 0 Å². The molecule has 0 amide bonds. The fourth-order valence-electron chi connectivity index (χ4n) is 2.07. The summed E-state index contributed by atoms with van der Waals surface area (Å²) in [7, 11) is 0. The number of benzene rings is 2. The molecule has 0 bridgehead atoms. The second-order valence-corrected chi connectivity index (χ2v) is 5.67. The normalized spacial score (nSPS) is 15.3. The number of carbonyl (C=O) groups excluding carboxylic acids is 1. The summed E-state index contributed by atoms with van der Waals surface area (Å²) in [5.41, 5.74) is 0.811. The van der Waals surface area contributed by atoms with Crippen LogP contribution in [0.1, 0.15) is 11.1 Å². The molecule has 0 aliphatic carbocycles. The molecule has 0 N–H and O–H groups in total. The van der Waals surface area contributed by atoms with Crippen molar-refractivity contribution in [3.8, 4) is 0 Å². The Morgan fingerprint density at radius 1 is 1.25 bits per heavy atom. The minimum absolute atomic E-state index is 0.00623. The SMILES string of the molecule is O=C1OC(c2cccc(F)c2)=NC1=Cc1ccc([N+](=O)[O-])c(Br)c1. The van der Waals surface area contributed by atoms with Gasteiger partial charge in [0.2, 0.25) is 5.90 Å². The van der Waals surface area contributed by atoms with E-state index < -0.39 is 16.7 Å². The Kier molecular flexibility index (Phi) is 4.22. The number of ether oxygens (including phenoxy) is 1. The Hall–Kier alpha value is -2.87. The van der Waals surface area contributed by atoms with Crippen molar-refractivity contribution in [2.24, 2.45) is 4.99 Å². The summed E-state index contributed by atoms with van der Waals surface area (Å²) in [6.07, 6.45) is 1.43. The molecule has 2 aromatic carbocycles. The van der Waals surface area contributed by atoms with E-state index in [1.807, 2.05) is 0 Å². The molecule has 1 aliphatic heterocycles. The lowest BCUT2D eigenvalue weighted by Crippen LogP contribution is -2.05. The Morgan fingerprint density at radius 2 is 2.04 bits per heavy atom. The van der Waals surface area contributed by atoms with Crippen molar-refractivity contribution >= 4 is 39.6 Å². The number of hydrogen-bond donors (Lipinski definition) is 0. The van der Waals surface area contributed by atoms with E-state index >= 15 is 0 Å². The zero-order chi connectivity index (χ0) is 17.3. The first-order chi connectivity index (χ1) is 11.4. The molecular weight excluding hydrogens is 383 g/mol. The van der Waals surface area contributed by atoms with Crippen LogP contribution in [0.4, 0.5) is 10.1 Å². The van der Waals surface area contributed by atoms with E-state index in [2.05, 4.69) is 20.9 Å². The molecule has 0 aromatic heterocycles. The summed E-state index contributed by atoms with van der Waals surface area (Å²) in [5.74, 6) is -1.14. The third-order valence-electron chi connectivity index (χ3n) is 3.16. The molecule has 6 nitrogen and oxygen atoms in total. The van der Waals surface area contributed by atoms with Gasteiger partial charge in [0.15, 0.2) is 5.70 Å². The highest BCUT2D eigenvalue weighted by atomic mass is 79.9. The molecule has 2 aromatic rings. The summed E-state index contributed by atoms with van der Waals surface area (Å²) in [6.45, 7) is 0. The van der Waals surface area contributed by atoms with E-state index in [1.165, 1.54) is 42.5 Å². The lowest BCUT2D eigenvalue weighted by atomic mass is 10.2. The lowest BCUT2D eigenvalue weighted by Gasteiger charge is -1.98.